The van der Waals surface area contributed by atoms with Crippen LogP contribution in [0.5, 0.6) is 11.5 Å². The van der Waals surface area contributed by atoms with Crippen LogP contribution in [0.4, 0.5) is 8.78 Å². The third-order valence-corrected chi connectivity index (χ3v) is 4.03. The van der Waals surface area contributed by atoms with Crippen molar-refractivity contribution in [3.8, 4) is 11.5 Å². The highest BCUT2D eigenvalue weighted by Crippen LogP contribution is 2.38. The van der Waals surface area contributed by atoms with Crippen LogP contribution in [0.3, 0.4) is 0 Å². The van der Waals surface area contributed by atoms with Crippen LogP contribution < -0.4 is 16.2 Å². The first-order chi connectivity index (χ1) is 11.2. The molecule has 2 aromatic carbocycles. The maximum Gasteiger partial charge on any atom is 0.387 e. The molecule has 0 amide bonds. The van der Waals surface area contributed by atoms with E-state index in [1.807, 2.05) is 0 Å². The molecule has 130 valence electrons. The molecule has 0 saturated carbocycles. The number of ether oxygens (including phenoxy) is 1. The highest BCUT2D eigenvalue weighted by molar-refractivity contribution is 5.87. The van der Waals surface area contributed by atoms with Gasteiger partial charge in [-0.15, -0.1) is 0 Å². The Morgan fingerprint density at radius 3 is 2.42 bits per heavy atom. The Morgan fingerprint density at radius 1 is 1.21 bits per heavy atom. The van der Waals surface area contributed by atoms with Crippen molar-refractivity contribution in [2.45, 2.75) is 26.1 Å². The fourth-order valence-electron chi connectivity index (χ4n) is 2.65. The van der Waals surface area contributed by atoms with E-state index in [0.29, 0.717) is 16.3 Å². The zero-order valence-electron chi connectivity index (χ0n) is 13.3. The average molecular weight is 338 g/mol. The molecular weight excluding hydrogens is 318 g/mol. The predicted octanol–water partition coefficient (Wildman–Crippen LogP) is 2.75. The maximum atomic E-state index is 12.3. The lowest BCUT2D eigenvalue weighted by Gasteiger charge is -2.33. The number of halogens is 2. The number of phenolic OH excluding ortho intramolecular Hbond substituents is 1. The molecule has 0 bridgehead atoms. The number of hydrogen-bond acceptors (Lipinski definition) is 5. The van der Waals surface area contributed by atoms with E-state index in [1.54, 1.807) is 32.0 Å². The van der Waals surface area contributed by atoms with Gasteiger partial charge in [0.05, 0.1) is 5.70 Å². The lowest BCUT2D eigenvalue weighted by atomic mass is 9.80. The topological polar surface area (TPSA) is 102 Å². The zero-order valence-corrected chi connectivity index (χ0v) is 13.3. The Bertz CT molecular complexity index is 778. The van der Waals surface area contributed by atoms with Crippen LogP contribution in [-0.4, -0.2) is 16.8 Å². The number of alkyl halides is 2. The smallest absolute Gasteiger partial charge is 0.387 e. The molecule has 0 aromatic heterocycles. The molecule has 1 unspecified atom stereocenters. The Kier molecular flexibility index (Phi) is 4.84. The molecule has 0 saturated heterocycles. The quantitative estimate of drug-likeness (QED) is 0.671. The molecule has 0 spiro atoms. The van der Waals surface area contributed by atoms with Gasteiger partial charge >= 0.3 is 6.61 Å². The standard InChI is InChI=1S/C17H20F2N2O3/c1-9(2)17(23,15(21)8-20)12-4-3-10-7-14(24-16(18)19)13(22)6-11(10)5-12/h3-9,16,22-23H,20-21H2,1-2H3/b15-8-. The van der Waals surface area contributed by atoms with Crippen LogP contribution in [0.15, 0.2) is 42.2 Å². The van der Waals surface area contributed by atoms with Gasteiger partial charge in [0.2, 0.25) is 0 Å². The van der Waals surface area contributed by atoms with Gasteiger partial charge in [0.25, 0.3) is 0 Å². The van der Waals surface area contributed by atoms with Gasteiger partial charge in [-0.3, -0.25) is 0 Å². The van der Waals surface area contributed by atoms with Gasteiger partial charge in [-0.05, 0) is 40.5 Å². The number of fused-ring (bicyclic) bond motifs is 1. The molecule has 2 aromatic rings. The van der Waals surface area contributed by atoms with E-state index in [-0.39, 0.29) is 17.4 Å². The van der Waals surface area contributed by atoms with E-state index in [1.165, 1.54) is 12.1 Å². The van der Waals surface area contributed by atoms with Gasteiger partial charge in [0.1, 0.15) is 5.60 Å². The van der Waals surface area contributed by atoms with Crippen molar-refractivity contribution in [1.82, 2.24) is 0 Å². The summed E-state index contributed by atoms with van der Waals surface area (Å²) in [7, 11) is 0. The normalized spacial score (nSPS) is 15.0. The Hall–Kier alpha value is -2.54. The van der Waals surface area contributed by atoms with Gasteiger partial charge in [0.15, 0.2) is 11.5 Å². The van der Waals surface area contributed by atoms with Crippen LogP contribution >= 0.6 is 0 Å². The summed E-state index contributed by atoms with van der Waals surface area (Å²) in [5.74, 6) is -1.01. The molecule has 0 aliphatic heterocycles. The molecule has 6 N–H and O–H groups in total. The first-order valence-electron chi connectivity index (χ1n) is 7.32. The second-order valence-corrected chi connectivity index (χ2v) is 5.80. The minimum Gasteiger partial charge on any atom is -0.504 e. The van der Waals surface area contributed by atoms with Crippen molar-refractivity contribution in [3.05, 3.63) is 47.8 Å². The highest BCUT2D eigenvalue weighted by atomic mass is 19.3. The van der Waals surface area contributed by atoms with E-state index in [2.05, 4.69) is 4.74 Å². The molecule has 0 fully saturated rings. The molecule has 2 rings (SSSR count). The van der Waals surface area contributed by atoms with Gasteiger partial charge in [-0.1, -0.05) is 26.0 Å². The van der Waals surface area contributed by atoms with Gasteiger partial charge in [-0.2, -0.15) is 8.78 Å². The summed E-state index contributed by atoms with van der Waals surface area (Å²) in [6.45, 7) is 0.544. The second-order valence-electron chi connectivity index (χ2n) is 5.80. The molecule has 0 aliphatic rings. The third-order valence-electron chi connectivity index (χ3n) is 4.03. The van der Waals surface area contributed by atoms with Crippen LogP contribution in [0, 0.1) is 5.92 Å². The molecule has 5 nitrogen and oxygen atoms in total. The molecule has 1 atom stereocenters. The lowest BCUT2D eigenvalue weighted by Crippen LogP contribution is -2.38. The summed E-state index contributed by atoms with van der Waals surface area (Å²) >= 11 is 0. The number of rotatable bonds is 5. The number of nitrogens with two attached hydrogens (primary N) is 2. The summed E-state index contributed by atoms with van der Waals surface area (Å²) in [6.07, 6.45) is 1.14. The number of hydrogen-bond donors (Lipinski definition) is 4. The lowest BCUT2D eigenvalue weighted by molar-refractivity contribution is -0.0511. The first kappa shape index (κ1) is 17.8. The Labute approximate surface area is 138 Å². The second kappa shape index (κ2) is 6.52. The summed E-state index contributed by atoms with van der Waals surface area (Å²) in [5, 5.41) is 21.9. The van der Waals surface area contributed by atoms with E-state index >= 15 is 0 Å². The van der Waals surface area contributed by atoms with E-state index in [0.717, 1.165) is 6.20 Å². The first-order valence-corrected chi connectivity index (χ1v) is 7.32. The number of benzene rings is 2. The summed E-state index contributed by atoms with van der Waals surface area (Å²) in [4.78, 5) is 0. The Balaban J connectivity index is 2.59. The summed E-state index contributed by atoms with van der Waals surface area (Å²) < 4.78 is 28.9. The largest absolute Gasteiger partial charge is 0.504 e. The van der Waals surface area contributed by atoms with Crippen LogP contribution in [-0.2, 0) is 5.60 Å². The van der Waals surface area contributed by atoms with Crippen molar-refractivity contribution in [3.63, 3.8) is 0 Å². The Morgan fingerprint density at radius 2 is 1.88 bits per heavy atom. The molecule has 0 aliphatic carbocycles. The molecule has 24 heavy (non-hydrogen) atoms. The SMILES string of the molecule is CC(C)C(O)(/C(N)=C/N)c1ccc2cc(OC(F)F)c(O)cc2c1. The predicted molar refractivity (Wildman–Crippen MR) is 87.4 cm³/mol. The van der Waals surface area contributed by atoms with Crippen LogP contribution in [0.25, 0.3) is 10.8 Å². The van der Waals surface area contributed by atoms with Crippen molar-refractivity contribution >= 4 is 10.8 Å². The summed E-state index contributed by atoms with van der Waals surface area (Å²) in [5.41, 5.74) is 10.4. The number of aliphatic hydroxyl groups is 1. The number of phenols is 1. The molecule has 0 heterocycles. The monoisotopic (exact) mass is 338 g/mol. The molecular formula is C17H20F2N2O3. The fraction of sp³-hybridized carbons (Fsp3) is 0.294. The van der Waals surface area contributed by atoms with E-state index in [9.17, 15) is 19.0 Å². The zero-order chi connectivity index (χ0) is 18.1. The fourth-order valence-corrected chi connectivity index (χ4v) is 2.65. The van der Waals surface area contributed by atoms with Crippen molar-refractivity contribution in [2.75, 3.05) is 0 Å². The number of aromatic hydroxyl groups is 1. The minimum absolute atomic E-state index is 0.0960. The van der Waals surface area contributed by atoms with Crippen LogP contribution in [0.1, 0.15) is 19.4 Å². The van der Waals surface area contributed by atoms with Crippen molar-refractivity contribution < 1.29 is 23.7 Å². The average Bonchev–Trinajstić information content (AvgIpc) is 2.52. The summed E-state index contributed by atoms with van der Waals surface area (Å²) in [6, 6.07) is 7.47. The van der Waals surface area contributed by atoms with E-state index < -0.39 is 18.0 Å². The minimum atomic E-state index is -3.03. The van der Waals surface area contributed by atoms with Crippen molar-refractivity contribution in [2.24, 2.45) is 17.4 Å². The van der Waals surface area contributed by atoms with Gasteiger partial charge in [0, 0.05) is 6.20 Å². The highest BCUT2D eigenvalue weighted by Gasteiger charge is 2.36. The molecule has 0 radical (unpaired) electrons. The molecule has 7 heteroatoms. The van der Waals surface area contributed by atoms with Crippen molar-refractivity contribution in [1.29, 1.82) is 0 Å². The van der Waals surface area contributed by atoms with Gasteiger partial charge < -0.3 is 26.4 Å². The maximum absolute atomic E-state index is 12.3. The van der Waals surface area contributed by atoms with Crippen LogP contribution in [0.2, 0.25) is 0 Å². The van der Waals surface area contributed by atoms with Gasteiger partial charge in [-0.25, -0.2) is 0 Å². The third kappa shape index (κ3) is 3.07. The van der Waals surface area contributed by atoms with E-state index in [4.69, 9.17) is 11.5 Å².